The highest BCUT2D eigenvalue weighted by molar-refractivity contribution is 5.92. The van der Waals surface area contributed by atoms with Crippen LogP contribution in [0.4, 0.5) is 9.18 Å². The van der Waals surface area contributed by atoms with Gasteiger partial charge in [0.2, 0.25) is 11.8 Å². The van der Waals surface area contributed by atoms with Crippen LogP contribution < -0.4 is 10.6 Å². The van der Waals surface area contributed by atoms with Crippen molar-refractivity contribution < 1.29 is 23.5 Å². The largest absolute Gasteiger partial charge is 0.453 e. The van der Waals surface area contributed by atoms with Gasteiger partial charge in [0.15, 0.2) is 0 Å². The zero-order valence-corrected chi connectivity index (χ0v) is 14.3. The Balaban J connectivity index is 2.91. The fourth-order valence-electron chi connectivity index (χ4n) is 2.54. The second-order valence-corrected chi connectivity index (χ2v) is 6.36. The van der Waals surface area contributed by atoms with E-state index < -0.39 is 30.3 Å². The van der Waals surface area contributed by atoms with Gasteiger partial charge in [-0.25, -0.2) is 9.18 Å². The maximum atomic E-state index is 13.8. The Morgan fingerprint density at radius 1 is 1.17 bits per heavy atom. The van der Waals surface area contributed by atoms with E-state index in [9.17, 15) is 18.8 Å². The lowest BCUT2D eigenvalue weighted by Gasteiger charge is -2.30. The predicted molar refractivity (Wildman–Crippen MR) is 82.5 cm³/mol. The molecule has 1 rings (SSSR count). The van der Waals surface area contributed by atoms with Crippen LogP contribution in [-0.2, 0) is 14.3 Å². The average molecular weight is 331 g/mol. The van der Waals surface area contributed by atoms with Gasteiger partial charge in [-0.1, -0.05) is 13.8 Å². The molecule has 0 saturated carbocycles. The number of alkyl carbamates (subject to hydrolysis) is 1. The van der Waals surface area contributed by atoms with Crippen LogP contribution >= 0.6 is 0 Å². The Morgan fingerprint density at radius 2 is 1.78 bits per heavy atom. The monoisotopic (exact) mass is 331 g/mol. The van der Waals surface area contributed by atoms with Crippen molar-refractivity contribution in [3.63, 3.8) is 0 Å². The molecule has 132 valence electrons. The molecular formula is C15H26FN3O4. The van der Waals surface area contributed by atoms with Crippen molar-refractivity contribution in [2.75, 3.05) is 13.7 Å². The van der Waals surface area contributed by atoms with Crippen molar-refractivity contribution in [2.45, 2.75) is 58.4 Å². The summed E-state index contributed by atoms with van der Waals surface area (Å²) in [6, 6.07) is -1.84. The molecule has 1 aliphatic heterocycles. The van der Waals surface area contributed by atoms with Gasteiger partial charge in [-0.2, -0.15) is 0 Å². The summed E-state index contributed by atoms with van der Waals surface area (Å²) in [6.45, 7) is 6.94. The molecule has 0 aromatic heterocycles. The third-order valence-corrected chi connectivity index (χ3v) is 3.66. The number of carbonyl (C=O) groups excluding carboxylic acids is 3. The standard InChI is InChI=1S/C15H26FN3O4/c1-8(2)12(18-15(22)23-5)14(21)19-7-10(16)6-11(19)13(20)17-9(3)4/h8-12H,6-7H2,1-5H3,(H,17,20)(H,18,22). The Morgan fingerprint density at radius 3 is 2.26 bits per heavy atom. The molecule has 0 radical (unpaired) electrons. The van der Waals surface area contributed by atoms with Crippen molar-refractivity contribution in [2.24, 2.45) is 5.92 Å². The van der Waals surface area contributed by atoms with Crippen LogP contribution in [-0.4, -0.2) is 60.8 Å². The van der Waals surface area contributed by atoms with Crippen molar-refractivity contribution in [3.8, 4) is 0 Å². The summed E-state index contributed by atoms with van der Waals surface area (Å²) in [5.74, 6) is -1.09. The number of hydrogen-bond acceptors (Lipinski definition) is 4. The van der Waals surface area contributed by atoms with E-state index in [1.54, 1.807) is 27.7 Å². The van der Waals surface area contributed by atoms with Crippen LogP contribution in [0.3, 0.4) is 0 Å². The third kappa shape index (κ3) is 5.07. The molecule has 0 spiro atoms. The van der Waals surface area contributed by atoms with Gasteiger partial charge in [-0.05, 0) is 19.8 Å². The minimum absolute atomic E-state index is 0.0344. The third-order valence-electron chi connectivity index (χ3n) is 3.66. The number of nitrogens with zero attached hydrogens (tertiary/aromatic N) is 1. The van der Waals surface area contributed by atoms with Crippen LogP contribution in [0, 0.1) is 5.92 Å². The lowest BCUT2D eigenvalue weighted by Crippen LogP contribution is -2.55. The molecular weight excluding hydrogens is 305 g/mol. The number of methoxy groups -OCH3 is 1. The molecule has 8 heteroatoms. The predicted octanol–water partition coefficient (Wildman–Crippen LogP) is 0.831. The van der Waals surface area contributed by atoms with Gasteiger partial charge < -0.3 is 20.3 Å². The van der Waals surface area contributed by atoms with E-state index >= 15 is 0 Å². The first-order chi connectivity index (χ1) is 10.7. The highest BCUT2D eigenvalue weighted by Gasteiger charge is 2.43. The fraction of sp³-hybridized carbons (Fsp3) is 0.800. The van der Waals surface area contributed by atoms with Crippen LogP contribution in [0.2, 0.25) is 0 Å². The lowest BCUT2D eigenvalue weighted by molar-refractivity contribution is -0.141. The van der Waals surface area contributed by atoms with Crippen LogP contribution in [0.25, 0.3) is 0 Å². The highest BCUT2D eigenvalue weighted by atomic mass is 19.1. The van der Waals surface area contributed by atoms with Crippen LogP contribution in [0.15, 0.2) is 0 Å². The number of amides is 3. The zero-order chi connectivity index (χ0) is 17.7. The van der Waals surface area contributed by atoms with E-state index in [0.717, 1.165) is 0 Å². The first kappa shape index (κ1) is 19.2. The Labute approximate surface area is 135 Å². The minimum Gasteiger partial charge on any atom is -0.453 e. The number of hydrogen-bond donors (Lipinski definition) is 2. The molecule has 1 saturated heterocycles. The Bertz CT molecular complexity index is 456. The van der Waals surface area contributed by atoms with Crippen molar-refractivity contribution in [1.29, 1.82) is 0 Å². The molecule has 23 heavy (non-hydrogen) atoms. The number of rotatable bonds is 5. The molecule has 3 atom stereocenters. The zero-order valence-electron chi connectivity index (χ0n) is 14.3. The first-order valence-corrected chi connectivity index (χ1v) is 7.76. The number of alkyl halides is 1. The maximum absolute atomic E-state index is 13.8. The van der Waals surface area contributed by atoms with Gasteiger partial charge in [-0.3, -0.25) is 9.59 Å². The second kappa shape index (κ2) is 8.12. The van der Waals surface area contributed by atoms with E-state index in [4.69, 9.17) is 0 Å². The molecule has 0 aromatic carbocycles. The van der Waals surface area contributed by atoms with Crippen LogP contribution in [0.1, 0.15) is 34.1 Å². The molecule has 2 N–H and O–H groups in total. The van der Waals surface area contributed by atoms with Crippen LogP contribution in [0.5, 0.6) is 0 Å². The summed E-state index contributed by atoms with van der Waals surface area (Å²) in [4.78, 5) is 37.5. The molecule has 0 bridgehead atoms. The normalized spacial score (nSPS) is 22.2. The van der Waals surface area contributed by atoms with Gasteiger partial charge in [0, 0.05) is 12.5 Å². The SMILES string of the molecule is COC(=O)NC(C(=O)N1CC(F)CC1C(=O)NC(C)C)C(C)C. The summed E-state index contributed by atoms with van der Waals surface area (Å²) >= 11 is 0. The number of carbonyl (C=O) groups is 3. The summed E-state index contributed by atoms with van der Waals surface area (Å²) < 4.78 is 18.3. The molecule has 1 fully saturated rings. The number of nitrogens with one attached hydrogen (secondary N) is 2. The minimum atomic E-state index is -1.26. The smallest absolute Gasteiger partial charge is 0.407 e. The molecule has 1 heterocycles. The molecule has 3 amide bonds. The number of likely N-dealkylation sites (tertiary alicyclic amines) is 1. The summed E-state index contributed by atoms with van der Waals surface area (Å²) in [5.41, 5.74) is 0. The fourth-order valence-corrected chi connectivity index (χ4v) is 2.54. The summed E-state index contributed by atoms with van der Waals surface area (Å²) in [5, 5.41) is 5.15. The molecule has 7 nitrogen and oxygen atoms in total. The van der Waals surface area contributed by atoms with Gasteiger partial charge >= 0.3 is 6.09 Å². The van der Waals surface area contributed by atoms with Gasteiger partial charge in [-0.15, -0.1) is 0 Å². The summed E-state index contributed by atoms with van der Waals surface area (Å²) in [7, 11) is 1.20. The van der Waals surface area contributed by atoms with E-state index in [0.29, 0.717) is 0 Å². The Hall–Kier alpha value is -1.86. The first-order valence-electron chi connectivity index (χ1n) is 7.76. The Kier molecular flexibility index (Phi) is 6.78. The van der Waals surface area contributed by atoms with E-state index in [-0.39, 0.29) is 30.8 Å². The molecule has 0 aromatic rings. The van der Waals surface area contributed by atoms with Crippen molar-refractivity contribution in [3.05, 3.63) is 0 Å². The molecule has 0 aliphatic carbocycles. The second-order valence-electron chi connectivity index (χ2n) is 6.36. The van der Waals surface area contributed by atoms with Gasteiger partial charge in [0.05, 0.1) is 13.7 Å². The van der Waals surface area contributed by atoms with Gasteiger partial charge in [0.1, 0.15) is 18.3 Å². The lowest BCUT2D eigenvalue weighted by atomic mass is 10.0. The van der Waals surface area contributed by atoms with Crippen molar-refractivity contribution in [1.82, 2.24) is 15.5 Å². The van der Waals surface area contributed by atoms with E-state index in [1.807, 2.05) is 0 Å². The van der Waals surface area contributed by atoms with E-state index in [1.165, 1.54) is 12.0 Å². The highest BCUT2D eigenvalue weighted by Crippen LogP contribution is 2.23. The molecule has 3 unspecified atom stereocenters. The average Bonchev–Trinajstić information content (AvgIpc) is 2.84. The quantitative estimate of drug-likeness (QED) is 0.781. The summed E-state index contributed by atoms with van der Waals surface area (Å²) in [6.07, 6.45) is -2.03. The number of ether oxygens (including phenoxy) is 1. The molecule has 1 aliphatic rings. The van der Waals surface area contributed by atoms with E-state index in [2.05, 4.69) is 15.4 Å². The number of halogens is 1. The topological polar surface area (TPSA) is 87.7 Å². The van der Waals surface area contributed by atoms with Crippen molar-refractivity contribution >= 4 is 17.9 Å². The maximum Gasteiger partial charge on any atom is 0.407 e. The van der Waals surface area contributed by atoms with Gasteiger partial charge in [0.25, 0.3) is 0 Å².